The summed E-state index contributed by atoms with van der Waals surface area (Å²) in [5.74, 6) is -0.794. The van der Waals surface area contributed by atoms with Crippen molar-refractivity contribution in [3.63, 3.8) is 0 Å². The van der Waals surface area contributed by atoms with Gasteiger partial charge >= 0.3 is 78.0 Å². The number of carboxylic acid groups (broad SMARTS) is 2. The molecule has 4 nitrogen and oxygen atoms in total. The third-order valence-electron chi connectivity index (χ3n) is 2.70. The van der Waals surface area contributed by atoms with Crippen molar-refractivity contribution in [1.29, 1.82) is 0 Å². The molecule has 0 atom stereocenters. The molecule has 0 radical (unpaired) electrons. The predicted octanol–water partition coefficient (Wildman–Crippen LogP) is -7.90. The van der Waals surface area contributed by atoms with Gasteiger partial charge in [-0.25, -0.2) is 0 Å². The number of unbranched alkanes of at least 4 members (excludes halogenated alkanes) is 3. The van der Waals surface area contributed by atoms with Crippen molar-refractivity contribution >= 4 is 11.9 Å². The first kappa shape index (κ1) is 34.0. The van der Waals surface area contributed by atoms with Crippen molar-refractivity contribution in [3.05, 3.63) is 5.92 Å². The summed E-state index contributed by atoms with van der Waals surface area (Å²) in [5, 5.41) is 18.6. The normalized spacial score (nSPS) is 8.67. The molecule has 108 valence electrons. The SMILES string of the molecule is CCCCCC[C-](C)C(C)C.O=C([O-])CC(=O)[O-].[Li+].[Na+].[Na+]. The van der Waals surface area contributed by atoms with Gasteiger partial charge in [-0.05, 0) is 0 Å². The molecule has 0 aliphatic carbocycles. The standard InChI is InChI=1S/C11H23.C3H4O4.Li.2Na/c1-5-6-7-8-9-11(4)10(2)3;4-2(5)1-3(6)7;;;/h10H,5-9H2,1-4H3;1H2,(H,4,5)(H,6,7);;;/q-1;;3*+1/p-2. The van der Waals surface area contributed by atoms with Crippen LogP contribution in [0.25, 0.3) is 0 Å². The Kier molecular flexibility index (Phi) is 38.5. The smallest absolute Gasteiger partial charge is 0.550 e. The van der Waals surface area contributed by atoms with Crippen molar-refractivity contribution in [2.75, 3.05) is 0 Å². The molecule has 0 aliphatic rings. The molecule has 0 aromatic heterocycles. The Morgan fingerprint density at radius 1 is 1.00 bits per heavy atom. The zero-order valence-electron chi connectivity index (χ0n) is 15.0. The first-order chi connectivity index (χ1) is 8.31. The van der Waals surface area contributed by atoms with E-state index < -0.39 is 18.4 Å². The second-order valence-corrected chi connectivity index (χ2v) is 4.73. The minimum atomic E-state index is -1.63. The van der Waals surface area contributed by atoms with Crippen molar-refractivity contribution in [1.82, 2.24) is 0 Å². The molecule has 21 heavy (non-hydrogen) atoms. The van der Waals surface area contributed by atoms with Gasteiger partial charge in [0.15, 0.2) is 0 Å². The Labute approximate surface area is 186 Å². The van der Waals surface area contributed by atoms with Gasteiger partial charge in [-0.2, -0.15) is 19.3 Å². The van der Waals surface area contributed by atoms with Crippen LogP contribution in [0.15, 0.2) is 0 Å². The maximum Gasteiger partial charge on any atom is 1.00 e. The van der Waals surface area contributed by atoms with E-state index in [0.717, 1.165) is 5.92 Å². The van der Waals surface area contributed by atoms with Crippen LogP contribution in [0.1, 0.15) is 66.2 Å². The van der Waals surface area contributed by atoms with E-state index in [1.165, 1.54) is 32.1 Å². The molecule has 0 N–H and O–H groups in total. The molecular weight excluding hydrogens is 285 g/mol. The van der Waals surface area contributed by atoms with Gasteiger partial charge in [0.2, 0.25) is 0 Å². The third-order valence-corrected chi connectivity index (χ3v) is 2.70. The molecule has 0 saturated heterocycles. The Morgan fingerprint density at radius 3 is 1.67 bits per heavy atom. The Bertz CT molecular complexity index is 227. The van der Waals surface area contributed by atoms with Crippen molar-refractivity contribution < 1.29 is 97.8 Å². The van der Waals surface area contributed by atoms with E-state index in [0.29, 0.717) is 0 Å². The number of carboxylic acids is 2. The fourth-order valence-corrected chi connectivity index (χ4v) is 1.24. The zero-order valence-corrected chi connectivity index (χ0v) is 19.0. The average molecular weight is 310 g/mol. The van der Waals surface area contributed by atoms with Crippen LogP contribution in [0.4, 0.5) is 0 Å². The van der Waals surface area contributed by atoms with Gasteiger partial charge in [0.25, 0.3) is 0 Å². The largest absolute Gasteiger partial charge is 1.00 e. The van der Waals surface area contributed by atoms with Crippen LogP contribution in [-0.4, -0.2) is 11.9 Å². The van der Waals surface area contributed by atoms with Gasteiger partial charge in [-0.15, -0.1) is 0 Å². The summed E-state index contributed by atoms with van der Waals surface area (Å²) < 4.78 is 0. The monoisotopic (exact) mass is 310 g/mol. The van der Waals surface area contributed by atoms with Gasteiger partial charge < -0.3 is 25.7 Å². The first-order valence-electron chi connectivity index (χ1n) is 6.53. The number of carbonyl (C=O) groups is 2. The number of hydrogen-bond acceptors (Lipinski definition) is 4. The molecule has 0 rings (SSSR count). The second-order valence-electron chi connectivity index (χ2n) is 4.73. The molecule has 0 bridgehead atoms. The van der Waals surface area contributed by atoms with Crippen LogP contribution in [0, 0.1) is 11.8 Å². The molecule has 0 fully saturated rings. The van der Waals surface area contributed by atoms with E-state index in [-0.39, 0.29) is 78.0 Å². The maximum absolute atomic E-state index is 9.28. The number of hydrogen-bond donors (Lipinski definition) is 0. The quantitative estimate of drug-likeness (QED) is 0.193. The predicted molar refractivity (Wildman–Crippen MR) is 67.1 cm³/mol. The van der Waals surface area contributed by atoms with Crippen molar-refractivity contribution in [2.45, 2.75) is 66.2 Å². The Morgan fingerprint density at radius 2 is 1.43 bits per heavy atom. The first-order valence-corrected chi connectivity index (χ1v) is 6.53. The van der Waals surface area contributed by atoms with Gasteiger partial charge in [0.05, 0.1) is 0 Å². The topological polar surface area (TPSA) is 80.3 Å². The summed E-state index contributed by atoms with van der Waals surface area (Å²) in [6.07, 6.45) is 5.89. The summed E-state index contributed by atoms with van der Waals surface area (Å²) in [7, 11) is 0. The van der Waals surface area contributed by atoms with Crippen LogP contribution in [0.3, 0.4) is 0 Å². The van der Waals surface area contributed by atoms with Crippen LogP contribution >= 0.6 is 0 Å². The summed E-state index contributed by atoms with van der Waals surface area (Å²) in [6, 6.07) is 0. The van der Waals surface area contributed by atoms with Crippen LogP contribution in [0.5, 0.6) is 0 Å². The minimum Gasteiger partial charge on any atom is -0.550 e. The summed E-state index contributed by atoms with van der Waals surface area (Å²) >= 11 is 0. The van der Waals surface area contributed by atoms with E-state index in [1.54, 1.807) is 5.92 Å². The van der Waals surface area contributed by atoms with Gasteiger partial charge in [0.1, 0.15) is 0 Å². The van der Waals surface area contributed by atoms with E-state index in [2.05, 4.69) is 27.7 Å². The summed E-state index contributed by atoms with van der Waals surface area (Å²) in [5.41, 5.74) is 0. The van der Waals surface area contributed by atoms with E-state index in [4.69, 9.17) is 0 Å². The molecule has 7 heteroatoms. The average Bonchev–Trinajstić information content (AvgIpc) is 2.22. The van der Waals surface area contributed by atoms with E-state index in [9.17, 15) is 19.8 Å². The molecule has 0 amide bonds. The molecule has 0 saturated carbocycles. The molecular formula is C14H25LiNa2O4. The Hall–Kier alpha value is 1.54. The van der Waals surface area contributed by atoms with Crippen LogP contribution in [-0.2, 0) is 9.59 Å². The number of carbonyl (C=O) groups excluding carboxylic acids is 2. The van der Waals surface area contributed by atoms with Crippen LogP contribution in [0.2, 0.25) is 0 Å². The van der Waals surface area contributed by atoms with Gasteiger partial charge in [0, 0.05) is 18.4 Å². The third kappa shape index (κ3) is 34.1. The molecule has 0 aromatic rings. The van der Waals surface area contributed by atoms with Crippen molar-refractivity contribution in [2.24, 2.45) is 5.92 Å². The van der Waals surface area contributed by atoms with Crippen LogP contribution < -0.4 is 88.2 Å². The molecule has 0 aromatic carbocycles. The second kappa shape index (κ2) is 23.8. The molecule has 0 aliphatic heterocycles. The molecule has 0 spiro atoms. The fraction of sp³-hybridized carbons (Fsp3) is 0.786. The summed E-state index contributed by atoms with van der Waals surface area (Å²) in [4.78, 5) is 18.6. The number of aliphatic carboxylic acids is 2. The zero-order chi connectivity index (χ0) is 14.6. The van der Waals surface area contributed by atoms with Gasteiger partial charge in [-0.3, -0.25) is 0 Å². The van der Waals surface area contributed by atoms with E-state index >= 15 is 0 Å². The maximum atomic E-state index is 9.28. The van der Waals surface area contributed by atoms with Crippen molar-refractivity contribution in [3.8, 4) is 0 Å². The minimum absolute atomic E-state index is 0. The van der Waals surface area contributed by atoms with Gasteiger partial charge in [-0.1, -0.05) is 46.5 Å². The fourth-order valence-electron chi connectivity index (χ4n) is 1.24. The number of rotatable bonds is 8. The molecule has 0 heterocycles. The Balaban J connectivity index is -0.0000000762. The van der Waals surface area contributed by atoms with E-state index in [1.807, 2.05) is 0 Å². The summed E-state index contributed by atoms with van der Waals surface area (Å²) in [6.45, 7) is 9.12. The molecule has 0 unspecified atom stereocenters.